The van der Waals surface area contributed by atoms with E-state index >= 15 is 0 Å². The van der Waals surface area contributed by atoms with Gasteiger partial charge < -0.3 is 9.88 Å². The molecule has 1 N–H and O–H groups in total. The van der Waals surface area contributed by atoms with E-state index in [0.29, 0.717) is 5.69 Å². The fraction of sp³-hybridized carbons (Fsp3) is 0.400. The van der Waals surface area contributed by atoms with Crippen molar-refractivity contribution in [1.29, 1.82) is 0 Å². The van der Waals surface area contributed by atoms with Crippen LogP contribution in [-0.2, 0) is 7.05 Å². The van der Waals surface area contributed by atoms with Gasteiger partial charge in [-0.25, -0.2) is 4.39 Å². The van der Waals surface area contributed by atoms with Crippen molar-refractivity contribution in [2.45, 2.75) is 18.9 Å². The van der Waals surface area contributed by atoms with Crippen LogP contribution in [0.25, 0.3) is 10.9 Å². The molecule has 5 heteroatoms. The minimum Gasteiger partial charge on any atom is -0.348 e. The number of nitrogens with zero attached hydrogens (tertiary/aromatic N) is 1. The number of carbonyl (C=O) groups is 1. The number of fused-ring (bicyclic) bond motifs is 1. The molecule has 106 valence electrons. The first-order chi connectivity index (χ1) is 9.65. The maximum Gasteiger partial charge on any atom is 0.268 e. The number of aryl methyl sites for hydroxylation is 1. The van der Waals surface area contributed by atoms with Gasteiger partial charge in [0, 0.05) is 18.5 Å². The van der Waals surface area contributed by atoms with E-state index in [2.05, 4.69) is 5.32 Å². The molecule has 0 bridgehead atoms. The van der Waals surface area contributed by atoms with Crippen LogP contribution in [0.2, 0.25) is 0 Å². The fourth-order valence-electron chi connectivity index (χ4n) is 2.62. The molecule has 0 radical (unpaired) electrons. The molecule has 0 unspecified atom stereocenters. The van der Waals surface area contributed by atoms with Gasteiger partial charge in [-0.2, -0.15) is 11.8 Å². The molecular weight excluding hydrogens is 275 g/mol. The summed E-state index contributed by atoms with van der Waals surface area (Å²) in [6.07, 6.45) is 2.05. The van der Waals surface area contributed by atoms with Gasteiger partial charge in [-0.1, -0.05) is 0 Å². The van der Waals surface area contributed by atoms with E-state index in [9.17, 15) is 9.18 Å². The van der Waals surface area contributed by atoms with Crippen molar-refractivity contribution < 1.29 is 9.18 Å². The van der Waals surface area contributed by atoms with Crippen LogP contribution in [0.4, 0.5) is 4.39 Å². The van der Waals surface area contributed by atoms with Crippen molar-refractivity contribution in [2.24, 2.45) is 7.05 Å². The summed E-state index contributed by atoms with van der Waals surface area (Å²) in [7, 11) is 1.80. The highest BCUT2D eigenvalue weighted by molar-refractivity contribution is 7.99. The predicted octanol–water partition coefficient (Wildman–Crippen LogP) is 2.94. The van der Waals surface area contributed by atoms with Crippen molar-refractivity contribution >= 4 is 28.6 Å². The van der Waals surface area contributed by atoms with E-state index in [4.69, 9.17) is 0 Å². The zero-order valence-electron chi connectivity index (χ0n) is 11.4. The molecule has 2 aromatic rings. The van der Waals surface area contributed by atoms with Crippen LogP contribution >= 0.6 is 11.8 Å². The minimum absolute atomic E-state index is 0.0685. The normalized spacial score (nSPS) is 16.5. The molecule has 1 aliphatic rings. The van der Waals surface area contributed by atoms with Gasteiger partial charge in [0.15, 0.2) is 0 Å². The Balaban J connectivity index is 1.85. The number of benzene rings is 1. The lowest BCUT2D eigenvalue weighted by Crippen LogP contribution is -2.38. The van der Waals surface area contributed by atoms with E-state index in [1.165, 1.54) is 12.1 Å². The Morgan fingerprint density at radius 3 is 2.85 bits per heavy atom. The molecule has 0 atom stereocenters. The Hall–Kier alpha value is -1.49. The Morgan fingerprint density at radius 2 is 2.10 bits per heavy atom. The number of amides is 1. The Morgan fingerprint density at radius 1 is 1.35 bits per heavy atom. The third-order valence-corrected chi connectivity index (χ3v) is 4.85. The Kier molecular flexibility index (Phi) is 3.70. The SMILES string of the molecule is Cn1c(C(=O)NC2CCSCC2)cc2ccc(F)cc21. The largest absolute Gasteiger partial charge is 0.348 e. The number of rotatable bonds is 2. The summed E-state index contributed by atoms with van der Waals surface area (Å²) in [6, 6.07) is 6.67. The van der Waals surface area contributed by atoms with Crippen molar-refractivity contribution in [3.8, 4) is 0 Å². The highest BCUT2D eigenvalue weighted by Crippen LogP contribution is 2.21. The summed E-state index contributed by atoms with van der Waals surface area (Å²) in [5.41, 5.74) is 1.33. The standard InChI is InChI=1S/C15H17FN2OS/c1-18-13-9-11(16)3-2-10(13)8-14(18)15(19)17-12-4-6-20-7-5-12/h2-3,8-9,12H,4-7H2,1H3,(H,17,19). The summed E-state index contributed by atoms with van der Waals surface area (Å²) in [5.74, 6) is 1.85. The lowest BCUT2D eigenvalue weighted by Gasteiger charge is -2.22. The van der Waals surface area contributed by atoms with Crippen LogP contribution in [0.15, 0.2) is 24.3 Å². The van der Waals surface area contributed by atoms with Gasteiger partial charge in [-0.3, -0.25) is 4.79 Å². The molecule has 0 saturated carbocycles. The number of aromatic nitrogens is 1. The summed E-state index contributed by atoms with van der Waals surface area (Å²) in [6.45, 7) is 0. The molecule has 2 heterocycles. The molecule has 0 aliphatic carbocycles. The first-order valence-corrected chi connectivity index (χ1v) is 7.94. The Labute approximate surface area is 121 Å². The molecule has 20 heavy (non-hydrogen) atoms. The third kappa shape index (κ3) is 2.54. The predicted molar refractivity (Wildman–Crippen MR) is 80.7 cm³/mol. The number of hydrogen-bond donors (Lipinski definition) is 1. The smallest absolute Gasteiger partial charge is 0.268 e. The van der Waals surface area contributed by atoms with Crippen molar-refractivity contribution in [1.82, 2.24) is 9.88 Å². The van der Waals surface area contributed by atoms with E-state index in [0.717, 1.165) is 35.3 Å². The second kappa shape index (κ2) is 5.48. The number of nitrogens with one attached hydrogen (secondary N) is 1. The summed E-state index contributed by atoms with van der Waals surface area (Å²) >= 11 is 1.93. The van der Waals surface area contributed by atoms with Crippen LogP contribution in [0.5, 0.6) is 0 Å². The zero-order chi connectivity index (χ0) is 14.1. The molecule has 1 saturated heterocycles. The van der Waals surface area contributed by atoms with Crippen LogP contribution < -0.4 is 5.32 Å². The quantitative estimate of drug-likeness (QED) is 0.923. The van der Waals surface area contributed by atoms with Crippen molar-refractivity contribution in [3.63, 3.8) is 0 Å². The van der Waals surface area contributed by atoms with Crippen LogP contribution in [-0.4, -0.2) is 28.0 Å². The molecule has 0 spiro atoms. The van der Waals surface area contributed by atoms with Crippen LogP contribution in [0.3, 0.4) is 0 Å². The van der Waals surface area contributed by atoms with Crippen molar-refractivity contribution in [2.75, 3.05) is 11.5 Å². The first-order valence-electron chi connectivity index (χ1n) is 6.79. The Bertz CT molecular complexity index is 647. The van der Waals surface area contributed by atoms with Gasteiger partial charge in [0.2, 0.25) is 0 Å². The first kappa shape index (κ1) is 13.5. The average Bonchev–Trinajstić information content (AvgIpc) is 2.77. The monoisotopic (exact) mass is 292 g/mol. The maximum absolute atomic E-state index is 13.3. The number of hydrogen-bond acceptors (Lipinski definition) is 2. The molecule has 3 rings (SSSR count). The van der Waals surface area contributed by atoms with Crippen LogP contribution in [0, 0.1) is 5.82 Å². The van der Waals surface area contributed by atoms with E-state index in [1.54, 1.807) is 17.7 Å². The molecule has 1 amide bonds. The van der Waals surface area contributed by atoms with Crippen molar-refractivity contribution in [3.05, 3.63) is 35.8 Å². The lowest BCUT2D eigenvalue weighted by molar-refractivity contribution is 0.0927. The van der Waals surface area contributed by atoms with E-state index in [1.807, 2.05) is 17.8 Å². The molecule has 3 nitrogen and oxygen atoms in total. The van der Waals surface area contributed by atoms with Gasteiger partial charge in [0.05, 0.1) is 5.52 Å². The van der Waals surface area contributed by atoms with E-state index < -0.39 is 0 Å². The highest BCUT2D eigenvalue weighted by Gasteiger charge is 2.19. The third-order valence-electron chi connectivity index (χ3n) is 3.80. The zero-order valence-corrected chi connectivity index (χ0v) is 12.2. The number of halogens is 1. The molecule has 1 aromatic carbocycles. The average molecular weight is 292 g/mol. The second-order valence-electron chi connectivity index (χ2n) is 5.15. The molecule has 1 aromatic heterocycles. The number of carbonyl (C=O) groups excluding carboxylic acids is 1. The summed E-state index contributed by atoms with van der Waals surface area (Å²) in [5, 5.41) is 3.97. The topological polar surface area (TPSA) is 34.0 Å². The summed E-state index contributed by atoms with van der Waals surface area (Å²) < 4.78 is 15.0. The van der Waals surface area contributed by atoms with Gasteiger partial charge in [-0.15, -0.1) is 0 Å². The highest BCUT2D eigenvalue weighted by atomic mass is 32.2. The van der Waals surface area contributed by atoms with Gasteiger partial charge in [0.1, 0.15) is 11.5 Å². The molecule has 1 fully saturated rings. The number of thioether (sulfide) groups is 1. The van der Waals surface area contributed by atoms with Gasteiger partial charge >= 0.3 is 0 Å². The van der Waals surface area contributed by atoms with E-state index in [-0.39, 0.29) is 17.8 Å². The minimum atomic E-state index is -0.282. The lowest BCUT2D eigenvalue weighted by atomic mass is 10.1. The van der Waals surface area contributed by atoms with Gasteiger partial charge in [0.25, 0.3) is 5.91 Å². The van der Waals surface area contributed by atoms with Crippen LogP contribution in [0.1, 0.15) is 23.3 Å². The molecule has 1 aliphatic heterocycles. The maximum atomic E-state index is 13.3. The molecular formula is C15H17FN2OS. The second-order valence-corrected chi connectivity index (χ2v) is 6.38. The van der Waals surface area contributed by atoms with Gasteiger partial charge in [-0.05, 0) is 48.6 Å². The fourth-order valence-corrected chi connectivity index (χ4v) is 3.73. The summed E-state index contributed by atoms with van der Waals surface area (Å²) in [4.78, 5) is 12.4.